The monoisotopic (exact) mass is 246 g/mol. The van der Waals surface area contributed by atoms with E-state index in [1.807, 2.05) is 19.3 Å². The summed E-state index contributed by atoms with van der Waals surface area (Å²) in [5.41, 5.74) is 9.83. The second-order valence-electron chi connectivity index (χ2n) is 4.88. The van der Waals surface area contributed by atoms with Crippen molar-refractivity contribution in [3.8, 4) is 0 Å². The Labute approximate surface area is 106 Å². The normalized spacial score (nSPS) is 19.9. The molecule has 0 spiro atoms. The molecule has 5 nitrogen and oxygen atoms in total. The minimum absolute atomic E-state index is 0.236. The molecule has 5 heteroatoms. The highest BCUT2D eigenvalue weighted by Gasteiger charge is 2.23. The van der Waals surface area contributed by atoms with Gasteiger partial charge in [-0.05, 0) is 18.6 Å². The van der Waals surface area contributed by atoms with Gasteiger partial charge in [0, 0.05) is 32.9 Å². The van der Waals surface area contributed by atoms with Crippen LogP contribution in [0.3, 0.4) is 0 Å². The summed E-state index contributed by atoms with van der Waals surface area (Å²) in [6, 6.07) is 4.12. The number of aliphatic hydroxyl groups excluding tert-OH is 1. The highest BCUT2D eigenvalue weighted by molar-refractivity contribution is 5.80. The van der Waals surface area contributed by atoms with Crippen molar-refractivity contribution >= 4 is 16.7 Å². The molecule has 1 saturated heterocycles. The molecule has 0 bridgehead atoms. The predicted octanol–water partition coefficient (Wildman–Crippen LogP) is 0.603. The van der Waals surface area contributed by atoms with Crippen LogP contribution in [-0.2, 0) is 13.6 Å². The number of nitrogens with zero attached hydrogens (tertiary/aromatic N) is 3. The summed E-state index contributed by atoms with van der Waals surface area (Å²) in [5.74, 6) is 0. The van der Waals surface area contributed by atoms with Gasteiger partial charge in [0.2, 0.25) is 0 Å². The third-order valence-electron chi connectivity index (χ3n) is 3.62. The molecule has 18 heavy (non-hydrogen) atoms. The van der Waals surface area contributed by atoms with Gasteiger partial charge >= 0.3 is 0 Å². The van der Waals surface area contributed by atoms with Crippen LogP contribution < -0.4 is 10.6 Å². The van der Waals surface area contributed by atoms with Crippen molar-refractivity contribution in [3.63, 3.8) is 0 Å². The molecule has 3 N–H and O–H groups in total. The second kappa shape index (κ2) is 4.26. The molecular formula is C13H18N4O. The topological polar surface area (TPSA) is 67.3 Å². The van der Waals surface area contributed by atoms with Gasteiger partial charge in [-0.1, -0.05) is 0 Å². The van der Waals surface area contributed by atoms with E-state index in [-0.39, 0.29) is 6.10 Å². The minimum atomic E-state index is -0.236. The third-order valence-corrected chi connectivity index (χ3v) is 3.62. The number of aliphatic hydroxyl groups is 1. The van der Waals surface area contributed by atoms with Crippen molar-refractivity contribution < 1.29 is 5.11 Å². The van der Waals surface area contributed by atoms with Crippen molar-refractivity contribution in [1.29, 1.82) is 0 Å². The van der Waals surface area contributed by atoms with Gasteiger partial charge in [-0.2, -0.15) is 0 Å². The zero-order valence-corrected chi connectivity index (χ0v) is 10.5. The molecule has 1 fully saturated rings. The van der Waals surface area contributed by atoms with Crippen LogP contribution in [0.5, 0.6) is 0 Å². The Bertz CT molecular complexity index is 578. The van der Waals surface area contributed by atoms with E-state index in [0.29, 0.717) is 13.1 Å². The lowest BCUT2D eigenvalue weighted by molar-refractivity contribution is 0.198. The molecule has 3 rings (SSSR count). The smallest absolute Gasteiger partial charge is 0.0886 e. The fraction of sp³-hybridized carbons (Fsp3) is 0.462. The summed E-state index contributed by atoms with van der Waals surface area (Å²) in [6.45, 7) is 1.96. The molecule has 1 unspecified atom stereocenters. The highest BCUT2D eigenvalue weighted by atomic mass is 16.3. The maximum absolute atomic E-state index is 9.65. The van der Waals surface area contributed by atoms with Crippen LogP contribution in [0.25, 0.3) is 11.0 Å². The molecule has 0 radical (unpaired) electrons. The molecule has 1 atom stereocenters. The van der Waals surface area contributed by atoms with E-state index < -0.39 is 0 Å². The van der Waals surface area contributed by atoms with Gasteiger partial charge in [-0.3, -0.25) is 0 Å². The van der Waals surface area contributed by atoms with Crippen LogP contribution in [0.1, 0.15) is 12.1 Å². The fourth-order valence-corrected chi connectivity index (χ4v) is 2.60. The number of aromatic nitrogens is 2. The van der Waals surface area contributed by atoms with Gasteiger partial charge in [0.1, 0.15) is 0 Å². The molecule has 2 aromatic heterocycles. The summed E-state index contributed by atoms with van der Waals surface area (Å²) in [6.07, 6.45) is 2.58. The molecule has 0 aromatic carbocycles. The van der Waals surface area contributed by atoms with Crippen molar-refractivity contribution in [2.45, 2.75) is 19.1 Å². The summed E-state index contributed by atoms with van der Waals surface area (Å²) >= 11 is 0. The third kappa shape index (κ3) is 1.76. The van der Waals surface area contributed by atoms with E-state index in [4.69, 9.17) is 5.73 Å². The van der Waals surface area contributed by atoms with E-state index in [9.17, 15) is 5.11 Å². The number of β-amino-alcohol motifs (C(OH)–C–C–N with tert-alkyl or cyclic N) is 1. The van der Waals surface area contributed by atoms with Gasteiger partial charge in [-0.25, -0.2) is 4.98 Å². The second-order valence-corrected chi connectivity index (χ2v) is 4.88. The van der Waals surface area contributed by atoms with Gasteiger partial charge in [0.05, 0.1) is 28.5 Å². The first kappa shape index (κ1) is 11.5. The Kier molecular flexibility index (Phi) is 2.72. The van der Waals surface area contributed by atoms with Crippen LogP contribution in [0.4, 0.5) is 5.69 Å². The van der Waals surface area contributed by atoms with Crippen molar-refractivity contribution in [2.24, 2.45) is 12.8 Å². The molecule has 1 aliphatic heterocycles. The van der Waals surface area contributed by atoms with Gasteiger partial charge in [0.15, 0.2) is 0 Å². The first-order valence-electron chi connectivity index (χ1n) is 6.27. The Morgan fingerprint density at radius 2 is 2.39 bits per heavy atom. The number of hydrogen-bond donors (Lipinski definition) is 2. The van der Waals surface area contributed by atoms with Crippen LogP contribution in [0.2, 0.25) is 0 Å². The van der Waals surface area contributed by atoms with E-state index >= 15 is 0 Å². The standard InChI is InChI=1S/C13H18N4O/c1-16-4-3-10-12(16)6-13(11(7-14)15-10)17-5-2-9(18)8-17/h3-4,6,9,18H,2,5,7-8,14H2,1H3. The van der Waals surface area contributed by atoms with Crippen LogP contribution in [-0.4, -0.2) is 33.9 Å². The first-order chi connectivity index (χ1) is 8.69. The number of fused-ring (bicyclic) bond motifs is 1. The van der Waals surface area contributed by atoms with Gasteiger partial charge in [-0.15, -0.1) is 0 Å². The van der Waals surface area contributed by atoms with Gasteiger partial charge in [0.25, 0.3) is 0 Å². The molecule has 0 amide bonds. The molecule has 96 valence electrons. The average molecular weight is 246 g/mol. The molecule has 3 heterocycles. The zero-order valence-electron chi connectivity index (χ0n) is 10.5. The number of rotatable bonds is 2. The number of nitrogens with two attached hydrogens (primary N) is 1. The lowest BCUT2D eigenvalue weighted by Gasteiger charge is -2.20. The average Bonchev–Trinajstić information content (AvgIpc) is 2.95. The summed E-state index contributed by atoms with van der Waals surface area (Å²) in [5, 5.41) is 9.65. The van der Waals surface area contributed by atoms with E-state index in [0.717, 1.165) is 35.4 Å². The maximum atomic E-state index is 9.65. The number of hydrogen-bond acceptors (Lipinski definition) is 4. The molecule has 0 saturated carbocycles. The van der Waals surface area contributed by atoms with Crippen LogP contribution in [0.15, 0.2) is 18.3 Å². The number of pyridine rings is 1. The lowest BCUT2D eigenvalue weighted by atomic mass is 10.2. The Hall–Kier alpha value is -1.59. The largest absolute Gasteiger partial charge is 0.391 e. The van der Waals surface area contributed by atoms with E-state index in [2.05, 4.69) is 20.5 Å². The predicted molar refractivity (Wildman–Crippen MR) is 71.4 cm³/mol. The molecular weight excluding hydrogens is 228 g/mol. The van der Waals surface area contributed by atoms with Crippen LogP contribution in [0, 0.1) is 0 Å². The molecule has 1 aliphatic rings. The Balaban J connectivity index is 2.10. The SMILES string of the molecule is Cn1ccc2nc(CN)c(N3CCC(O)C3)cc21. The Morgan fingerprint density at radius 3 is 3.06 bits per heavy atom. The van der Waals surface area contributed by atoms with Crippen molar-refractivity contribution in [2.75, 3.05) is 18.0 Å². The highest BCUT2D eigenvalue weighted by Crippen LogP contribution is 2.27. The van der Waals surface area contributed by atoms with E-state index in [1.54, 1.807) is 0 Å². The molecule has 0 aliphatic carbocycles. The number of anilines is 1. The van der Waals surface area contributed by atoms with Crippen molar-refractivity contribution in [1.82, 2.24) is 9.55 Å². The van der Waals surface area contributed by atoms with E-state index in [1.165, 1.54) is 0 Å². The fourth-order valence-electron chi connectivity index (χ4n) is 2.60. The number of aryl methyl sites for hydroxylation is 1. The molecule has 2 aromatic rings. The first-order valence-corrected chi connectivity index (χ1v) is 6.27. The van der Waals surface area contributed by atoms with Crippen molar-refractivity contribution in [3.05, 3.63) is 24.0 Å². The lowest BCUT2D eigenvalue weighted by Crippen LogP contribution is -2.23. The van der Waals surface area contributed by atoms with Crippen LogP contribution >= 0.6 is 0 Å². The zero-order chi connectivity index (χ0) is 12.7. The summed E-state index contributed by atoms with van der Waals surface area (Å²) in [4.78, 5) is 6.79. The van der Waals surface area contributed by atoms with Gasteiger partial charge < -0.3 is 20.3 Å². The quantitative estimate of drug-likeness (QED) is 0.814. The maximum Gasteiger partial charge on any atom is 0.0886 e. The minimum Gasteiger partial charge on any atom is -0.391 e. The summed E-state index contributed by atoms with van der Waals surface area (Å²) in [7, 11) is 2.01. The Morgan fingerprint density at radius 1 is 1.56 bits per heavy atom. The summed E-state index contributed by atoms with van der Waals surface area (Å²) < 4.78 is 2.05.